The molecule has 200 valence electrons. The molecule has 0 unspecified atom stereocenters. The number of amides is 1. The first-order chi connectivity index (χ1) is 19.0. The van der Waals surface area contributed by atoms with Crippen molar-refractivity contribution < 1.29 is 9.18 Å². The van der Waals surface area contributed by atoms with Crippen molar-refractivity contribution >= 4 is 29.2 Å². The van der Waals surface area contributed by atoms with Gasteiger partial charge in [0, 0.05) is 74.1 Å². The molecule has 0 radical (unpaired) electrons. The van der Waals surface area contributed by atoms with Gasteiger partial charge in [0.15, 0.2) is 5.16 Å². The Morgan fingerprint density at radius 2 is 1.74 bits per heavy atom. The van der Waals surface area contributed by atoms with Crippen LogP contribution in [0.5, 0.6) is 0 Å². The summed E-state index contributed by atoms with van der Waals surface area (Å²) in [5.74, 6) is 1.26. The molecule has 1 aliphatic heterocycles. The second kappa shape index (κ2) is 12.7. The number of hydrogen-bond acceptors (Lipinski definition) is 7. The minimum Gasteiger partial charge on any atom is -0.366 e. The van der Waals surface area contributed by atoms with Crippen LogP contribution in [0.3, 0.4) is 0 Å². The highest BCUT2D eigenvalue weighted by Crippen LogP contribution is 2.25. The monoisotopic (exact) mass is 542 g/mol. The van der Waals surface area contributed by atoms with Crippen LogP contribution in [0.2, 0.25) is 0 Å². The molecule has 1 aliphatic rings. The number of nitrogens with zero attached hydrogens (tertiary/aromatic N) is 5. The first-order valence-corrected chi connectivity index (χ1v) is 14.0. The number of para-hydroxylation sites is 1. The number of aryl methyl sites for hydroxylation is 1. The second-order valence-corrected chi connectivity index (χ2v) is 10.3. The maximum atomic E-state index is 14.2. The fourth-order valence-electron chi connectivity index (χ4n) is 4.54. The van der Waals surface area contributed by atoms with E-state index in [9.17, 15) is 9.18 Å². The van der Waals surface area contributed by atoms with Crippen LogP contribution in [-0.2, 0) is 12.2 Å². The number of anilines is 2. The maximum absolute atomic E-state index is 14.2. The van der Waals surface area contributed by atoms with Gasteiger partial charge >= 0.3 is 0 Å². The van der Waals surface area contributed by atoms with Gasteiger partial charge in [0.05, 0.1) is 5.69 Å². The fraction of sp³-hybridized carbons (Fsp3) is 0.267. The summed E-state index contributed by atoms with van der Waals surface area (Å²) < 4.78 is 14.2. The van der Waals surface area contributed by atoms with Crippen molar-refractivity contribution in [2.24, 2.45) is 0 Å². The van der Waals surface area contributed by atoms with Crippen LogP contribution in [-0.4, -0.2) is 53.6 Å². The highest BCUT2D eigenvalue weighted by Gasteiger charge is 2.21. The van der Waals surface area contributed by atoms with Crippen LogP contribution >= 0.6 is 11.8 Å². The lowest BCUT2D eigenvalue weighted by atomic mass is 10.1. The zero-order valence-electron chi connectivity index (χ0n) is 21.9. The molecule has 4 aromatic rings. The van der Waals surface area contributed by atoms with E-state index in [1.807, 2.05) is 67.6 Å². The van der Waals surface area contributed by atoms with E-state index in [2.05, 4.69) is 25.1 Å². The van der Waals surface area contributed by atoms with Crippen LogP contribution in [0, 0.1) is 12.7 Å². The van der Waals surface area contributed by atoms with E-state index in [-0.39, 0.29) is 11.7 Å². The fourth-order valence-corrected chi connectivity index (χ4v) is 5.38. The predicted octanol–water partition coefficient (Wildman–Crippen LogP) is 4.91. The molecular formula is C30H31FN6OS. The smallest absolute Gasteiger partial charge is 0.251 e. The summed E-state index contributed by atoms with van der Waals surface area (Å²) in [5.41, 5.74) is 4.17. The van der Waals surface area contributed by atoms with Gasteiger partial charge in [-0.25, -0.2) is 14.4 Å². The Morgan fingerprint density at radius 3 is 2.54 bits per heavy atom. The Labute approximate surface area is 232 Å². The minimum absolute atomic E-state index is 0.0959. The molecule has 2 aromatic carbocycles. The lowest BCUT2D eigenvalue weighted by Gasteiger charge is -2.37. The molecular weight excluding hydrogens is 511 g/mol. The van der Waals surface area contributed by atoms with Crippen LogP contribution in [0.15, 0.2) is 84.1 Å². The number of carbonyl (C=O) groups is 1. The Bertz CT molecular complexity index is 1410. The van der Waals surface area contributed by atoms with Gasteiger partial charge in [-0.1, -0.05) is 42.1 Å². The quantitative estimate of drug-likeness (QED) is 0.238. The third-order valence-electron chi connectivity index (χ3n) is 6.57. The Kier molecular flexibility index (Phi) is 8.68. The molecule has 5 rings (SSSR count). The molecule has 0 atom stereocenters. The topological polar surface area (TPSA) is 74.2 Å². The van der Waals surface area contributed by atoms with Crippen molar-refractivity contribution in [3.8, 4) is 0 Å². The van der Waals surface area contributed by atoms with Gasteiger partial charge in [-0.2, -0.15) is 0 Å². The number of hydrogen-bond donors (Lipinski definition) is 1. The number of aromatic nitrogens is 3. The predicted molar refractivity (Wildman–Crippen MR) is 154 cm³/mol. The first kappa shape index (κ1) is 26.6. The summed E-state index contributed by atoms with van der Waals surface area (Å²) in [6.07, 6.45) is 2.45. The van der Waals surface area contributed by atoms with Crippen molar-refractivity contribution in [2.75, 3.05) is 42.5 Å². The molecule has 1 fully saturated rings. The average molecular weight is 543 g/mol. The lowest BCUT2D eigenvalue weighted by molar-refractivity contribution is 0.0954. The zero-order chi connectivity index (χ0) is 27.0. The van der Waals surface area contributed by atoms with Gasteiger partial charge in [0.25, 0.3) is 5.91 Å². The van der Waals surface area contributed by atoms with Crippen LogP contribution in [0.4, 0.5) is 15.9 Å². The Hall–Kier alpha value is -3.98. The van der Waals surface area contributed by atoms with Crippen molar-refractivity contribution in [1.29, 1.82) is 0 Å². The van der Waals surface area contributed by atoms with Gasteiger partial charge in [0.1, 0.15) is 11.6 Å². The summed E-state index contributed by atoms with van der Waals surface area (Å²) >= 11 is 1.55. The van der Waals surface area contributed by atoms with E-state index < -0.39 is 0 Å². The Morgan fingerprint density at radius 1 is 0.949 bits per heavy atom. The third-order valence-corrected chi connectivity index (χ3v) is 7.49. The number of thioether (sulfide) groups is 1. The number of carbonyl (C=O) groups excluding carboxylic acids is 1. The number of halogens is 1. The normalized spacial score (nSPS) is 13.4. The van der Waals surface area contributed by atoms with Gasteiger partial charge in [-0.05, 0) is 48.9 Å². The van der Waals surface area contributed by atoms with Crippen molar-refractivity contribution in [2.45, 2.75) is 24.3 Å². The average Bonchev–Trinajstić information content (AvgIpc) is 2.97. The number of rotatable bonds is 9. The molecule has 39 heavy (non-hydrogen) atoms. The number of piperazine rings is 1. The molecule has 0 spiro atoms. The summed E-state index contributed by atoms with van der Waals surface area (Å²) in [5, 5.41) is 3.68. The van der Waals surface area contributed by atoms with Crippen molar-refractivity contribution in [3.63, 3.8) is 0 Å². The highest BCUT2D eigenvalue weighted by molar-refractivity contribution is 7.98. The number of benzene rings is 2. The molecule has 7 nitrogen and oxygen atoms in total. The van der Waals surface area contributed by atoms with E-state index in [4.69, 9.17) is 4.98 Å². The van der Waals surface area contributed by atoms with E-state index in [0.29, 0.717) is 35.1 Å². The molecule has 0 bridgehead atoms. The van der Waals surface area contributed by atoms with Crippen molar-refractivity contribution in [3.05, 3.63) is 107 Å². The lowest BCUT2D eigenvalue weighted by Crippen LogP contribution is -2.47. The van der Waals surface area contributed by atoms with Gasteiger partial charge in [0.2, 0.25) is 0 Å². The maximum Gasteiger partial charge on any atom is 0.251 e. The van der Waals surface area contributed by atoms with E-state index >= 15 is 0 Å². The molecule has 2 aromatic heterocycles. The van der Waals surface area contributed by atoms with Crippen LogP contribution in [0.25, 0.3) is 0 Å². The van der Waals surface area contributed by atoms with Crippen molar-refractivity contribution in [1.82, 2.24) is 20.3 Å². The van der Waals surface area contributed by atoms with Crippen LogP contribution in [0.1, 0.15) is 27.3 Å². The standard InChI is InChI=1S/C30H31FN6OS/c1-22-19-28(37-17-15-36(16-18-37)27-11-3-2-10-26(27)31)35-30(34-22)39-21-23-7-6-8-24(20-23)29(38)33-14-12-25-9-4-5-13-32-25/h2-11,13,19-20H,12,14-18,21H2,1H3,(H,33,38). The summed E-state index contributed by atoms with van der Waals surface area (Å²) in [4.78, 5) is 30.7. The minimum atomic E-state index is -0.187. The van der Waals surface area contributed by atoms with E-state index in [1.165, 1.54) is 6.07 Å². The van der Waals surface area contributed by atoms with Gasteiger partial charge < -0.3 is 15.1 Å². The number of nitrogens with one attached hydrogen (secondary N) is 1. The SMILES string of the molecule is Cc1cc(N2CCN(c3ccccc3F)CC2)nc(SCc2cccc(C(=O)NCCc3ccccn3)c2)n1. The second-order valence-electron chi connectivity index (χ2n) is 9.39. The molecule has 1 saturated heterocycles. The molecule has 0 aliphatic carbocycles. The number of pyridine rings is 1. The first-order valence-electron chi connectivity index (χ1n) is 13.0. The highest BCUT2D eigenvalue weighted by atomic mass is 32.2. The van der Waals surface area contributed by atoms with Gasteiger partial charge in [-0.3, -0.25) is 9.78 Å². The zero-order valence-corrected chi connectivity index (χ0v) is 22.7. The summed E-state index contributed by atoms with van der Waals surface area (Å²) in [6, 6.07) is 22.4. The van der Waals surface area contributed by atoms with E-state index in [0.717, 1.165) is 48.9 Å². The molecule has 3 heterocycles. The van der Waals surface area contributed by atoms with Gasteiger partial charge in [-0.15, -0.1) is 0 Å². The largest absolute Gasteiger partial charge is 0.366 e. The molecule has 0 saturated carbocycles. The summed E-state index contributed by atoms with van der Waals surface area (Å²) in [7, 11) is 0. The third kappa shape index (κ3) is 7.11. The molecule has 1 N–H and O–H groups in total. The molecule has 1 amide bonds. The van der Waals surface area contributed by atoms with E-state index in [1.54, 1.807) is 24.0 Å². The molecule has 9 heteroatoms. The summed E-state index contributed by atoms with van der Waals surface area (Å²) in [6.45, 7) is 5.47. The van der Waals surface area contributed by atoms with Crippen LogP contribution < -0.4 is 15.1 Å². The Balaban J connectivity index is 1.16.